The summed E-state index contributed by atoms with van der Waals surface area (Å²) in [6.07, 6.45) is -0.317. The molecule has 1 aromatic carbocycles. The van der Waals surface area contributed by atoms with Gasteiger partial charge in [-0.3, -0.25) is 4.90 Å². The van der Waals surface area contributed by atoms with Crippen LogP contribution < -0.4 is 4.90 Å². The Labute approximate surface area is 117 Å². The van der Waals surface area contributed by atoms with Crippen LogP contribution in [0.2, 0.25) is 0 Å². The lowest BCUT2D eigenvalue weighted by atomic mass is 10.2. The van der Waals surface area contributed by atoms with Gasteiger partial charge in [0.25, 0.3) is 0 Å². The van der Waals surface area contributed by atoms with E-state index in [4.69, 9.17) is 4.74 Å². The Kier molecular flexibility index (Phi) is 4.79. The molecule has 0 heterocycles. The van der Waals surface area contributed by atoms with Crippen LogP contribution >= 0.6 is 15.9 Å². The highest BCUT2D eigenvalue weighted by Crippen LogP contribution is 2.24. The number of halogens is 1. The number of carbonyl (C=O) groups is 1. The van der Waals surface area contributed by atoms with Crippen molar-refractivity contribution in [2.24, 2.45) is 0 Å². The molecule has 0 aliphatic carbocycles. The maximum Gasteiger partial charge on any atom is 0.414 e. The van der Waals surface area contributed by atoms with Crippen LogP contribution in [0.4, 0.5) is 10.5 Å². The number of aryl methyl sites for hydroxylation is 1. The van der Waals surface area contributed by atoms with Crippen molar-refractivity contribution < 1.29 is 9.53 Å². The third-order valence-corrected chi connectivity index (χ3v) is 2.73. The third kappa shape index (κ3) is 4.33. The number of ether oxygens (including phenoxy) is 1. The van der Waals surface area contributed by atoms with E-state index in [1.807, 2.05) is 52.8 Å². The molecule has 4 heteroatoms. The molecule has 0 N–H and O–H groups in total. The second-order valence-electron chi connectivity index (χ2n) is 5.21. The number of carbonyl (C=O) groups excluding carboxylic acids is 1. The topological polar surface area (TPSA) is 29.5 Å². The molecule has 0 radical (unpaired) electrons. The normalized spacial score (nSPS) is 11.2. The lowest BCUT2D eigenvalue weighted by Gasteiger charge is -2.26. The van der Waals surface area contributed by atoms with E-state index < -0.39 is 5.60 Å². The summed E-state index contributed by atoms with van der Waals surface area (Å²) in [6, 6.07) is 5.89. The molecule has 3 nitrogen and oxygen atoms in total. The largest absolute Gasteiger partial charge is 0.443 e. The molecule has 1 rings (SSSR count). The van der Waals surface area contributed by atoms with Crippen LogP contribution in [-0.4, -0.2) is 18.2 Å². The molecule has 0 aliphatic rings. The van der Waals surface area contributed by atoms with Gasteiger partial charge in [-0.15, -0.1) is 0 Å². The number of nitrogens with zero attached hydrogens (tertiary/aromatic N) is 1. The first-order chi connectivity index (χ1) is 8.23. The van der Waals surface area contributed by atoms with Gasteiger partial charge in [0.1, 0.15) is 5.60 Å². The highest BCUT2D eigenvalue weighted by Gasteiger charge is 2.22. The first-order valence-electron chi connectivity index (χ1n) is 6.00. The summed E-state index contributed by atoms with van der Waals surface area (Å²) in [6.45, 7) is 10.1. The first-order valence-corrected chi connectivity index (χ1v) is 6.80. The van der Waals surface area contributed by atoms with Gasteiger partial charge in [0.2, 0.25) is 0 Å². The van der Waals surface area contributed by atoms with E-state index >= 15 is 0 Å². The first kappa shape index (κ1) is 15.0. The van der Waals surface area contributed by atoms with Gasteiger partial charge >= 0.3 is 6.09 Å². The molecule has 0 bridgehead atoms. The SMILES string of the molecule is CCN(C(=O)OC(C)(C)C)c1cc(C)cc(Br)c1. The van der Waals surface area contributed by atoms with Gasteiger partial charge in [-0.1, -0.05) is 15.9 Å². The van der Waals surface area contributed by atoms with Crippen LogP contribution in [0, 0.1) is 6.92 Å². The molecule has 0 atom stereocenters. The molecule has 1 amide bonds. The van der Waals surface area contributed by atoms with Crippen LogP contribution in [0.3, 0.4) is 0 Å². The van der Waals surface area contributed by atoms with E-state index in [1.54, 1.807) is 4.90 Å². The van der Waals surface area contributed by atoms with Crippen molar-refractivity contribution in [3.63, 3.8) is 0 Å². The van der Waals surface area contributed by atoms with Crippen LogP contribution in [0.25, 0.3) is 0 Å². The van der Waals surface area contributed by atoms with Crippen molar-refractivity contribution in [3.8, 4) is 0 Å². The zero-order valence-corrected chi connectivity index (χ0v) is 13.2. The van der Waals surface area contributed by atoms with Gasteiger partial charge < -0.3 is 4.74 Å². The van der Waals surface area contributed by atoms with Gasteiger partial charge in [-0.05, 0) is 58.4 Å². The Balaban J connectivity index is 2.99. The van der Waals surface area contributed by atoms with Crippen molar-refractivity contribution in [2.45, 2.75) is 40.2 Å². The Morgan fingerprint density at radius 2 is 1.94 bits per heavy atom. The van der Waals surface area contributed by atoms with E-state index in [-0.39, 0.29) is 6.09 Å². The maximum atomic E-state index is 12.1. The minimum Gasteiger partial charge on any atom is -0.443 e. The monoisotopic (exact) mass is 313 g/mol. The van der Waals surface area contributed by atoms with E-state index in [9.17, 15) is 4.79 Å². The molecule has 0 saturated heterocycles. The fourth-order valence-electron chi connectivity index (χ4n) is 1.61. The van der Waals surface area contributed by atoms with Gasteiger partial charge in [-0.2, -0.15) is 0 Å². The minimum absolute atomic E-state index is 0.317. The predicted octanol–water partition coefficient (Wildman–Crippen LogP) is 4.52. The van der Waals surface area contributed by atoms with E-state index in [0.29, 0.717) is 6.54 Å². The van der Waals surface area contributed by atoms with Crippen LogP contribution in [0.1, 0.15) is 33.3 Å². The van der Waals surface area contributed by atoms with E-state index in [1.165, 1.54) is 0 Å². The zero-order valence-electron chi connectivity index (χ0n) is 11.6. The van der Waals surface area contributed by atoms with Crippen molar-refractivity contribution in [1.29, 1.82) is 0 Å². The molecule has 0 spiro atoms. The maximum absolute atomic E-state index is 12.1. The van der Waals surface area contributed by atoms with Crippen LogP contribution in [-0.2, 0) is 4.74 Å². The average molecular weight is 314 g/mol. The summed E-state index contributed by atoms with van der Waals surface area (Å²) in [5.74, 6) is 0. The number of anilines is 1. The van der Waals surface area contributed by atoms with Gasteiger partial charge in [0.15, 0.2) is 0 Å². The summed E-state index contributed by atoms with van der Waals surface area (Å²) in [7, 11) is 0. The number of rotatable bonds is 2. The zero-order chi connectivity index (χ0) is 13.9. The Hall–Kier alpha value is -1.03. The fourth-order valence-corrected chi connectivity index (χ4v) is 2.20. The number of benzene rings is 1. The summed E-state index contributed by atoms with van der Waals surface area (Å²) < 4.78 is 6.35. The molecule has 0 fully saturated rings. The second-order valence-corrected chi connectivity index (χ2v) is 6.13. The summed E-state index contributed by atoms with van der Waals surface area (Å²) in [5.41, 5.74) is 1.46. The Morgan fingerprint density at radius 3 is 2.39 bits per heavy atom. The van der Waals surface area contributed by atoms with Gasteiger partial charge in [0, 0.05) is 16.7 Å². The molecular formula is C14H20BrNO2. The number of amides is 1. The summed E-state index contributed by atoms with van der Waals surface area (Å²) in [4.78, 5) is 13.7. The average Bonchev–Trinajstić information content (AvgIpc) is 2.13. The van der Waals surface area contributed by atoms with Gasteiger partial charge in [-0.25, -0.2) is 4.79 Å². The smallest absolute Gasteiger partial charge is 0.414 e. The van der Waals surface area contributed by atoms with Crippen molar-refractivity contribution >= 4 is 27.7 Å². The third-order valence-electron chi connectivity index (χ3n) is 2.27. The van der Waals surface area contributed by atoms with Crippen LogP contribution in [0.5, 0.6) is 0 Å². The minimum atomic E-state index is -0.481. The lowest BCUT2D eigenvalue weighted by molar-refractivity contribution is 0.0582. The van der Waals surface area contributed by atoms with Gasteiger partial charge in [0.05, 0.1) is 0 Å². The highest BCUT2D eigenvalue weighted by molar-refractivity contribution is 9.10. The predicted molar refractivity (Wildman–Crippen MR) is 78.1 cm³/mol. The van der Waals surface area contributed by atoms with Crippen molar-refractivity contribution in [1.82, 2.24) is 0 Å². The lowest BCUT2D eigenvalue weighted by Crippen LogP contribution is -2.36. The fraction of sp³-hybridized carbons (Fsp3) is 0.500. The number of hydrogen-bond acceptors (Lipinski definition) is 2. The summed E-state index contributed by atoms with van der Waals surface area (Å²) >= 11 is 3.44. The molecule has 100 valence electrons. The van der Waals surface area contributed by atoms with E-state index in [0.717, 1.165) is 15.7 Å². The highest BCUT2D eigenvalue weighted by atomic mass is 79.9. The molecule has 0 saturated carbocycles. The number of hydrogen-bond donors (Lipinski definition) is 0. The molecule has 0 unspecified atom stereocenters. The molecule has 18 heavy (non-hydrogen) atoms. The molecule has 0 aliphatic heterocycles. The van der Waals surface area contributed by atoms with E-state index in [2.05, 4.69) is 15.9 Å². The van der Waals surface area contributed by atoms with Crippen LogP contribution in [0.15, 0.2) is 22.7 Å². The Morgan fingerprint density at radius 1 is 1.33 bits per heavy atom. The quantitative estimate of drug-likeness (QED) is 0.803. The molecule has 0 aromatic heterocycles. The molecule has 1 aromatic rings. The Bertz CT molecular complexity index is 418. The second kappa shape index (κ2) is 5.74. The summed E-state index contributed by atoms with van der Waals surface area (Å²) in [5, 5.41) is 0. The van der Waals surface area contributed by atoms with Crippen molar-refractivity contribution in [3.05, 3.63) is 28.2 Å². The molecular weight excluding hydrogens is 294 g/mol. The van der Waals surface area contributed by atoms with Crippen molar-refractivity contribution in [2.75, 3.05) is 11.4 Å². The standard InChI is InChI=1S/C14H20BrNO2/c1-6-16(13(17)18-14(3,4)5)12-8-10(2)7-11(15)9-12/h7-9H,6H2,1-5H3.